The summed E-state index contributed by atoms with van der Waals surface area (Å²) in [6.45, 7) is 3.27. The van der Waals surface area contributed by atoms with E-state index in [9.17, 15) is 9.90 Å². The van der Waals surface area contributed by atoms with E-state index in [1.807, 2.05) is 0 Å². The molecule has 29 heavy (non-hydrogen) atoms. The van der Waals surface area contributed by atoms with E-state index in [0.29, 0.717) is 12.0 Å². The third-order valence-electron chi connectivity index (χ3n) is 8.13. The second kappa shape index (κ2) is 6.04. The Labute approximate surface area is 171 Å². The predicted molar refractivity (Wildman–Crippen MR) is 111 cm³/mol. The summed E-state index contributed by atoms with van der Waals surface area (Å²) in [7, 11) is 0. The smallest absolute Gasteiger partial charge is 0.307 e. The zero-order valence-corrected chi connectivity index (χ0v) is 16.9. The van der Waals surface area contributed by atoms with Crippen LogP contribution in [0.1, 0.15) is 55.8 Å². The minimum Gasteiger partial charge on any atom is -0.481 e. The van der Waals surface area contributed by atoms with Crippen LogP contribution in [0.2, 0.25) is 0 Å². The van der Waals surface area contributed by atoms with Crippen molar-refractivity contribution in [2.75, 3.05) is 11.4 Å². The van der Waals surface area contributed by atoms with E-state index in [-0.39, 0.29) is 11.3 Å². The molecule has 1 aromatic carbocycles. The maximum atomic E-state index is 11.9. The Balaban J connectivity index is 1.44. The second-order valence-electron chi connectivity index (χ2n) is 9.54. The number of carbonyl (C=O) groups is 1. The summed E-state index contributed by atoms with van der Waals surface area (Å²) in [5.74, 6) is 0.391. The monoisotopic (exact) mass is 389 g/mol. The van der Waals surface area contributed by atoms with E-state index >= 15 is 0 Å². The van der Waals surface area contributed by atoms with Gasteiger partial charge in [-0.2, -0.15) is 0 Å². The lowest BCUT2D eigenvalue weighted by Gasteiger charge is -2.45. The van der Waals surface area contributed by atoms with Gasteiger partial charge in [-0.3, -0.25) is 4.79 Å². The van der Waals surface area contributed by atoms with E-state index in [4.69, 9.17) is 9.97 Å². The number of fused-ring (bicyclic) bond motifs is 2. The lowest BCUT2D eigenvalue weighted by Crippen LogP contribution is -2.48. The minimum atomic E-state index is -0.624. The first-order valence-corrected chi connectivity index (χ1v) is 11.1. The molecule has 0 spiro atoms. The number of carboxylic acid groups (broad SMARTS) is 1. The zero-order chi connectivity index (χ0) is 19.8. The highest BCUT2D eigenvalue weighted by molar-refractivity contribution is 5.76. The predicted octanol–water partition coefficient (Wildman–Crippen LogP) is 3.98. The number of carboxylic acids is 1. The second-order valence-corrected chi connectivity index (χ2v) is 9.54. The minimum absolute atomic E-state index is 0.169. The molecule has 0 radical (unpaired) electrons. The van der Waals surface area contributed by atoms with Gasteiger partial charge in [0.1, 0.15) is 0 Å². The van der Waals surface area contributed by atoms with Crippen LogP contribution in [0.3, 0.4) is 0 Å². The maximum Gasteiger partial charge on any atom is 0.307 e. The molecule has 3 saturated carbocycles. The van der Waals surface area contributed by atoms with Crippen LogP contribution in [0.5, 0.6) is 0 Å². The Morgan fingerprint density at radius 3 is 2.86 bits per heavy atom. The standard InChI is InChI=1S/C24H27N3O2/c1-14-9-11-27(14)23-25-19-7-3-6-18(19)21(26-23)15-4-2-5-17(12-15)24-10-8-16(13-24)20(24)22(28)29/h2,4-5,12,14,16,20H,3,6-11,13H2,1H3,(H,28,29)/t14-,16?,20?,24?/m0/s1. The molecule has 7 rings (SSSR count). The van der Waals surface area contributed by atoms with Gasteiger partial charge in [0.2, 0.25) is 5.95 Å². The number of aromatic nitrogens is 2. The molecule has 1 aliphatic heterocycles. The first-order valence-electron chi connectivity index (χ1n) is 11.1. The molecule has 1 N–H and O–H groups in total. The van der Waals surface area contributed by atoms with Crippen LogP contribution in [0.4, 0.5) is 5.95 Å². The van der Waals surface area contributed by atoms with Crippen LogP contribution in [-0.2, 0) is 23.1 Å². The Hall–Kier alpha value is -2.43. The number of rotatable bonds is 4. The van der Waals surface area contributed by atoms with Crippen LogP contribution in [0.25, 0.3) is 11.3 Å². The Morgan fingerprint density at radius 1 is 1.24 bits per heavy atom. The van der Waals surface area contributed by atoms with Gasteiger partial charge < -0.3 is 10.0 Å². The summed E-state index contributed by atoms with van der Waals surface area (Å²) in [4.78, 5) is 24.1. The average Bonchev–Trinajstić information content (AvgIpc) is 3.41. The Morgan fingerprint density at radius 2 is 2.14 bits per heavy atom. The number of hydrogen-bond donors (Lipinski definition) is 1. The molecule has 1 saturated heterocycles. The maximum absolute atomic E-state index is 11.9. The fourth-order valence-electron chi connectivity index (χ4n) is 6.43. The van der Waals surface area contributed by atoms with Crippen molar-refractivity contribution in [2.45, 2.75) is 63.3 Å². The number of aliphatic carboxylic acids is 1. The van der Waals surface area contributed by atoms with Gasteiger partial charge in [0.05, 0.1) is 11.6 Å². The first-order chi connectivity index (χ1) is 14.1. The van der Waals surface area contributed by atoms with Crippen molar-refractivity contribution >= 4 is 11.9 Å². The van der Waals surface area contributed by atoms with Crippen molar-refractivity contribution in [3.63, 3.8) is 0 Å². The zero-order valence-electron chi connectivity index (χ0n) is 16.9. The fourth-order valence-corrected chi connectivity index (χ4v) is 6.43. The van der Waals surface area contributed by atoms with E-state index in [0.717, 1.165) is 62.3 Å². The molecule has 0 amide bonds. The van der Waals surface area contributed by atoms with E-state index in [1.165, 1.54) is 23.2 Å². The molecule has 5 aliphatic rings. The molecule has 2 heterocycles. The van der Waals surface area contributed by atoms with Gasteiger partial charge in [-0.15, -0.1) is 0 Å². The highest BCUT2D eigenvalue weighted by Crippen LogP contribution is 2.64. The molecule has 2 aromatic rings. The molecule has 3 unspecified atom stereocenters. The van der Waals surface area contributed by atoms with Crippen molar-refractivity contribution in [3.8, 4) is 11.3 Å². The normalized spacial score (nSPS) is 31.9. The van der Waals surface area contributed by atoms with Crippen LogP contribution in [0, 0.1) is 11.8 Å². The summed E-state index contributed by atoms with van der Waals surface area (Å²) in [6, 6.07) is 9.13. The molecule has 1 aromatic heterocycles. The van der Waals surface area contributed by atoms with Crippen molar-refractivity contribution in [3.05, 3.63) is 41.1 Å². The Kier molecular flexibility index (Phi) is 3.63. The first kappa shape index (κ1) is 17.4. The summed E-state index contributed by atoms with van der Waals surface area (Å²) in [5.41, 5.74) is 5.73. The topological polar surface area (TPSA) is 66.3 Å². The molecule has 5 heteroatoms. The van der Waals surface area contributed by atoms with Gasteiger partial charge in [-0.1, -0.05) is 18.2 Å². The number of nitrogens with zero attached hydrogens (tertiary/aromatic N) is 3. The SMILES string of the molecule is C[C@H]1CCN1c1nc2c(c(-c3cccc(C45CCC(C4)C5C(=O)O)c3)n1)CCC2. The number of anilines is 1. The van der Waals surface area contributed by atoms with Gasteiger partial charge in [0, 0.05) is 34.8 Å². The van der Waals surface area contributed by atoms with E-state index in [1.54, 1.807) is 0 Å². The van der Waals surface area contributed by atoms with Gasteiger partial charge in [-0.25, -0.2) is 9.97 Å². The van der Waals surface area contributed by atoms with Gasteiger partial charge in [-0.05, 0) is 69.4 Å². The molecule has 2 bridgehead atoms. The number of benzene rings is 1. The molecule has 4 atom stereocenters. The van der Waals surface area contributed by atoms with E-state index in [2.05, 4.69) is 36.1 Å². The summed E-state index contributed by atoms with van der Waals surface area (Å²) >= 11 is 0. The fraction of sp³-hybridized carbons (Fsp3) is 0.542. The molecule has 4 fully saturated rings. The molecular weight excluding hydrogens is 362 g/mol. The van der Waals surface area contributed by atoms with Crippen molar-refractivity contribution in [1.82, 2.24) is 9.97 Å². The van der Waals surface area contributed by atoms with Crippen LogP contribution < -0.4 is 4.90 Å². The number of aryl methyl sites for hydroxylation is 1. The molecule has 150 valence electrons. The van der Waals surface area contributed by atoms with Gasteiger partial charge in [0.15, 0.2) is 0 Å². The third-order valence-corrected chi connectivity index (χ3v) is 8.13. The van der Waals surface area contributed by atoms with Crippen LogP contribution in [-0.4, -0.2) is 33.6 Å². The highest BCUT2D eigenvalue weighted by Gasteiger charge is 2.63. The van der Waals surface area contributed by atoms with Crippen LogP contribution >= 0.6 is 0 Å². The van der Waals surface area contributed by atoms with Gasteiger partial charge in [0.25, 0.3) is 0 Å². The number of hydrogen-bond acceptors (Lipinski definition) is 4. The van der Waals surface area contributed by atoms with Gasteiger partial charge >= 0.3 is 5.97 Å². The van der Waals surface area contributed by atoms with Crippen molar-refractivity contribution in [1.29, 1.82) is 0 Å². The molecule has 5 nitrogen and oxygen atoms in total. The molecular formula is C24H27N3O2. The average molecular weight is 389 g/mol. The third kappa shape index (κ3) is 2.36. The molecule has 4 aliphatic carbocycles. The largest absolute Gasteiger partial charge is 0.481 e. The van der Waals surface area contributed by atoms with E-state index < -0.39 is 5.97 Å². The quantitative estimate of drug-likeness (QED) is 0.857. The Bertz CT molecular complexity index is 1020. The summed E-state index contributed by atoms with van der Waals surface area (Å²) in [5, 5.41) is 9.78. The van der Waals surface area contributed by atoms with Crippen LogP contribution in [0.15, 0.2) is 24.3 Å². The summed E-state index contributed by atoms with van der Waals surface area (Å²) < 4.78 is 0. The highest BCUT2D eigenvalue weighted by atomic mass is 16.4. The lowest BCUT2D eigenvalue weighted by molar-refractivity contribution is -0.150. The lowest BCUT2D eigenvalue weighted by atomic mass is 9.57. The van der Waals surface area contributed by atoms with Crippen molar-refractivity contribution < 1.29 is 9.90 Å². The van der Waals surface area contributed by atoms with Crippen molar-refractivity contribution in [2.24, 2.45) is 11.8 Å². The summed E-state index contributed by atoms with van der Waals surface area (Å²) in [6.07, 6.45) is 7.47.